The van der Waals surface area contributed by atoms with Gasteiger partial charge in [-0.3, -0.25) is 9.48 Å². The number of ether oxygens (including phenoxy) is 1. The van der Waals surface area contributed by atoms with Gasteiger partial charge in [-0.05, 0) is 18.2 Å². The highest BCUT2D eigenvalue weighted by molar-refractivity contribution is 5.92. The number of halogens is 1. The molecular weight excluding hydrogens is 349 g/mol. The topological polar surface area (TPSA) is 73.1 Å². The summed E-state index contributed by atoms with van der Waals surface area (Å²) in [6.07, 6.45) is 3.72. The Labute approximate surface area is 155 Å². The Morgan fingerprint density at radius 2 is 2.07 bits per heavy atom. The van der Waals surface area contributed by atoms with Crippen molar-refractivity contribution in [1.29, 1.82) is 0 Å². The van der Waals surface area contributed by atoms with Crippen LogP contribution >= 0.6 is 0 Å². The highest BCUT2D eigenvalue weighted by atomic mass is 19.1. The monoisotopic (exact) mass is 367 g/mol. The number of amides is 1. The number of carbonyl (C=O) groups excluding carboxylic acids is 1. The molecule has 3 aromatic rings. The maximum atomic E-state index is 13.9. The van der Waals surface area contributed by atoms with E-state index in [4.69, 9.17) is 4.74 Å². The third-order valence-electron chi connectivity index (χ3n) is 4.57. The fourth-order valence-electron chi connectivity index (χ4n) is 3.23. The Balaban J connectivity index is 1.55. The normalized spacial score (nSPS) is 13.3. The highest BCUT2D eigenvalue weighted by Crippen LogP contribution is 2.24. The summed E-state index contributed by atoms with van der Waals surface area (Å²) in [4.78, 5) is 22.3. The molecular formula is C19H18FN5O2. The zero-order chi connectivity index (χ0) is 18.8. The summed E-state index contributed by atoms with van der Waals surface area (Å²) in [5.41, 5.74) is 2.58. The molecule has 0 aromatic carbocycles. The summed E-state index contributed by atoms with van der Waals surface area (Å²) < 4.78 is 21.5. The molecule has 27 heavy (non-hydrogen) atoms. The van der Waals surface area contributed by atoms with Crippen LogP contribution in [0, 0.1) is 5.82 Å². The van der Waals surface area contributed by atoms with E-state index in [0.717, 1.165) is 17.0 Å². The van der Waals surface area contributed by atoms with Gasteiger partial charge in [-0.15, -0.1) is 0 Å². The molecule has 0 saturated carbocycles. The lowest BCUT2D eigenvalue weighted by molar-refractivity contribution is 0.0721. The molecule has 0 bridgehead atoms. The van der Waals surface area contributed by atoms with Crippen LogP contribution in [0.4, 0.5) is 4.39 Å². The number of aryl methyl sites for hydroxylation is 1. The van der Waals surface area contributed by atoms with Crippen LogP contribution in [0.3, 0.4) is 0 Å². The van der Waals surface area contributed by atoms with Crippen LogP contribution < -0.4 is 4.74 Å². The molecule has 138 valence electrons. The molecule has 0 aliphatic carbocycles. The number of fused-ring (bicyclic) bond motifs is 1. The molecule has 0 spiro atoms. The molecule has 0 N–H and O–H groups in total. The van der Waals surface area contributed by atoms with Crippen LogP contribution in [0.15, 0.2) is 42.7 Å². The van der Waals surface area contributed by atoms with Gasteiger partial charge < -0.3 is 9.64 Å². The quantitative estimate of drug-likeness (QED) is 0.706. The molecule has 0 radical (unpaired) electrons. The second kappa shape index (κ2) is 7.14. The first-order chi connectivity index (χ1) is 13.1. The number of hydrogen-bond donors (Lipinski definition) is 0. The van der Waals surface area contributed by atoms with E-state index in [1.54, 1.807) is 17.2 Å². The van der Waals surface area contributed by atoms with E-state index < -0.39 is 11.7 Å². The lowest BCUT2D eigenvalue weighted by Gasteiger charge is -2.27. The third kappa shape index (κ3) is 3.38. The van der Waals surface area contributed by atoms with Crippen molar-refractivity contribution >= 4 is 5.91 Å². The van der Waals surface area contributed by atoms with Crippen LogP contribution in [0.5, 0.6) is 5.88 Å². The molecule has 0 fully saturated rings. The summed E-state index contributed by atoms with van der Waals surface area (Å²) in [5, 5.41) is 4.53. The van der Waals surface area contributed by atoms with Crippen molar-refractivity contribution in [3.63, 3.8) is 0 Å². The van der Waals surface area contributed by atoms with Crippen molar-refractivity contribution in [1.82, 2.24) is 24.6 Å². The van der Waals surface area contributed by atoms with Gasteiger partial charge in [-0.25, -0.2) is 14.4 Å². The maximum Gasteiger partial charge on any atom is 0.275 e. The first-order valence-electron chi connectivity index (χ1n) is 8.60. The van der Waals surface area contributed by atoms with Crippen molar-refractivity contribution in [2.24, 2.45) is 7.05 Å². The Morgan fingerprint density at radius 3 is 2.85 bits per heavy atom. The number of carbonyl (C=O) groups is 1. The van der Waals surface area contributed by atoms with Gasteiger partial charge in [0.05, 0.1) is 0 Å². The third-order valence-corrected chi connectivity index (χ3v) is 4.57. The molecule has 1 amide bonds. The van der Waals surface area contributed by atoms with Gasteiger partial charge in [0.2, 0.25) is 5.88 Å². The number of rotatable bonds is 4. The minimum atomic E-state index is -0.613. The number of nitrogens with zero attached hydrogens (tertiary/aromatic N) is 5. The van der Waals surface area contributed by atoms with E-state index in [2.05, 4.69) is 15.1 Å². The number of hydrogen-bond acceptors (Lipinski definition) is 5. The standard InChI is InChI=1S/C19H18FN5O2/c1-24-16-7-10-25(19(26)18-14(20)5-4-9-22-18)11-13(16)15(23-24)12-27-17-6-2-3-8-21-17/h2-6,8-9H,7,10-12H2,1H3. The fourth-order valence-corrected chi connectivity index (χ4v) is 3.23. The summed E-state index contributed by atoms with van der Waals surface area (Å²) in [5.74, 6) is -0.520. The second-order valence-corrected chi connectivity index (χ2v) is 6.26. The molecule has 3 aromatic heterocycles. The summed E-state index contributed by atoms with van der Waals surface area (Å²) in [6, 6.07) is 8.14. The fraction of sp³-hybridized carbons (Fsp3) is 0.263. The van der Waals surface area contributed by atoms with Gasteiger partial charge in [0.15, 0.2) is 11.5 Å². The Bertz CT molecular complexity index is 973. The van der Waals surface area contributed by atoms with Crippen LogP contribution in [-0.2, 0) is 26.6 Å². The zero-order valence-corrected chi connectivity index (χ0v) is 14.8. The Kier molecular flexibility index (Phi) is 4.53. The Morgan fingerprint density at radius 1 is 1.22 bits per heavy atom. The summed E-state index contributed by atoms with van der Waals surface area (Å²) >= 11 is 0. The molecule has 0 unspecified atom stereocenters. The Hall–Kier alpha value is -3.29. The van der Waals surface area contributed by atoms with E-state index >= 15 is 0 Å². The zero-order valence-electron chi connectivity index (χ0n) is 14.8. The van der Waals surface area contributed by atoms with Crippen LogP contribution in [0.2, 0.25) is 0 Å². The minimum absolute atomic E-state index is 0.156. The van der Waals surface area contributed by atoms with E-state index in [1.165, 1.54) is 18.3 Å². The highest BCUT2D eigenvalue weighted by Gasteiger charge is 2.29. The van der Waals surface area contributed by atoms with E-state index in [0.29, 0.717) is 25.4 Å². The van der Waals surface area contributed by atoms with Gasteiger partial charge in [0.1, 0.15) is 12.3 Å². The SMILES string of the molecule is Cn1nc(COc2ccccn2)c2c1CCN(C(=O)c1ncccc1F)C2. The molecule has 1 aliphatic heterocycles. The van der Waals surface area contributed by atoms with Gasteiger partial charge in [0, 0.05) is 56.3 Å². The van der Waals surface area contributed by atoms with Crippen molar-refractivity contribution in [3.05, 3.63) is 71.2 Å². The largest absolute Gasteiger partial charge is 0.471 e. The average molecular weight is 367 g/mol. The second-order valence-electron chi connectivity index (χ2n) is 6.26. The molecule has 4 rings (SSSR count). The van der Waals surface area contributed by atoms with E-state index in [1.807, 2.05) is 23.9 Å². The number of aromatic nitrogens is 4. The molecule has 4 heterocycles. The lowest BCUT2D eigenvalue weighted by Crippen LogP contribution is -2.37. The van der Waals surface area contributed by atoms with Gasteiger partial charge >= 0.3 is 0 Å². The predicted molar refractivity (Wildman–Crippen MR) is 94.4 cm³/mol. The van der Waals surface area contributed by atoms with Gasteiger partial charge in [0.25, 0.3) is 5.91 Å². The molecule has 0 saturated heterocycles. The minimum Gasteiger partial charge on any atom is -0.471 e. The first-order valence-corrected chi connectivity index (χ1v) is 8.60. The molecule has 7 nitrogen and oxygen atoms in total. The van der Waals surface area contributed by atoms with Crippen molar-refractivity contribution in [2.45, 2.75) is 19.6 Å². The first kappa shape index (κ1) is 17.1. The lowest BCUT2D eigenvalue weighted by atomic mass is 10.0. The predicted octanol–water partition coefficient (Wildman–Crippen LogP) is 2.13. The smallest absolute Gasteiger partial charge is 0.275 e. The maximum absolute atomic E-state index is 13.9. The van der Waals surface area contributed by atoms with Crippen LogP contribution in [0.1, 0.15) is 27.4 Å². The molecule has 8 heteroatoms. The van der Waals surface area contributed by atoms with E-state index in [-0.39, 0.29) is 12.3 Å². The van der Waals surface area contributed by atoms with Crippen LogP contribution in [-0.4, -0.2) is 37.1 Å². The van der Waals surface area contributed by atoms with Crippen LogP contribution in [0.25, 0.3) is 0 Å². The summed E-state index contributed by atoms with van der Waals surface area (Å²) in [6.45, 7) is 1.08. The van der Waals surface area contributed by atoms with Crippen molar-refractivity contribution in [2.75, 3.05) is 6.54 Å². The molecule has 1 aliphatic rings. The van der Waals surface area contributed by atoms with Crippen molar-refractivity contribution in [3.8, 4) is 5.88 Å². The average Bonchev–Trinajstić information content (AvgIpc) is 3.02. The van der Waals surface area contributed by atoms with Gasteiger partial charge in [-0.2, -0.15) is 5.10 Å². The van der Waals surface area contributed by atoms with E-state index in [9.17, 15) is 9.18 Å². The number of pyridine rings is 2. The van der Waals surface area contributed by atoms with Crippen molar-refractivity contribution < 1.29 is 13.9 Å². The summed E-state index contributed by atoms with van der Waals surface area (Å²) in [7, 11) is 1.87. The van der Waals surface area contributed by atoms with Gasteiger partial charge in [-0.1, -0.05) is 6.07 Å². The molecule has 0 atom stereocenters.